The van der Waals surface area contributed by atoms with Crippen LogP contribution < -0.4 is 5.32 Å². The van der Waals surface area contributed by atoms with Crippen LogP contribution in [-0.2, 0) is 4.74 Å². The minimum atomic E-state index is -0.587. The number of nitrogens with zero attached hydrogens (tertiary/aromatic N) is 1. The van der Waals surface area contributed by atoms with Gasteiger partial charge in [-0.05, 0) is 25.1 Å². The van der Waals surface area contributed by atoms with Crippen LogP contribution in [0.3, 0.4) is 0 Å². The maximum Gasteiger partial charge on any atom is 0.411 e. The van der Waals surface area contributed by atoms with E-state index in [1.54, 1.807) is 19.1 Å². The minimum Gasteiger partial charge on any atom is -0.450 e. The molecule has 0 atom stereocenters. The molecule has 1 aromatic carbocycles. The van der Waals surface area contributed by atoms with Gasteiger partial charge in [0.25, 0.3) is 0 Å². The minimum absolute atomic E-state index is 0.279. The quantitative estimate of drug-likeness (QED) is 0.840. The number of carbonyl (C=O) groups is 1. The van der Waals surface area contributed by atoms with E-state index in [1.165, 1.54) is 6.07 Å². The molecule has 0 unspecified atom stereocenters. The van der Waals surface area contributed by atoms with Crippen molar-refractivity contribution in [1.82, 2.24) is 0 Å². The molecule has 0 heterocycles. The van der Waals surface area contributed by atoms with E-state index in [0.717, 1.165) is 0 Å². The van der Waals surface area contributed by atoms with Crippen molar-refractivity contribution >= 4 is 23.4 Å². The number of benzene rings is 1. The maximum absolute atomic E-state index is 11.1. The molecule has 0 radical (unpaired) electrons. The topological polar surface area (TPSA) is 62.1 Å². The van der Waals surface area contributed by atoms with Crippen molar-refractivity contribution in [3.05, 3.63) is 28.8 Å². The van der Waals surface area contributed by atoms with Crippen molar-refractivity contribution in [3.63, 3.8) is 0 Å². The molecule has 0 fully saturated rings. The molecule has 78 valence electrons. The third-order valence-electron chi connectivity index (χ3n) is 1.61. The molecule has 0 aliphatic heterocycles. The van der Waals surface area contributed by atoms with Gasteiger partial charge in [-0.2, -0.15) is 5.26 Å². The smallest absolute Gasteiger partial charge is 0.411 e. The van der Waals surface area contributed by atoms with Crippen LogP contribution in [0.4, 0.5) is 10.5 Å². The number of nitriles is 1. The summed E-state index contributed by atoms with van der Waals surface area (Å²) in [6.07, 6.45) is -0.587. The van der Waals surface area contributed by atoms with E-state index in [0.29, 0.717) is 16.3 Å². The molecule has 0 saturated carbocycles. The summed E-state index contributed by atoms with van der Waals surface area (Å²) in [6.45, 7) is 1.98. The fraction of sp³-hybridized carbons (Fsp3) is 0.200. The van der Waals surface area contributed by atoms with E-state index in [9.17, 15) is 4.79 Å². The molecule has 1 amide bonds. The Labute approximate surface area is 92.4 Å². The first-order valence-electron chi connectivity index (χ1n) is 4.30. The Morgan fingerprint density at radius 2 is 2.40 bits per heavy atom. The van der Waals surface area contributed by atoms with E-state index in [2.05, 4.69) is 10.1 Å². The average molecular weight is 225 g/mol. The SMILES string of the molecule is CCOC(=O)Nc1ccc(Cl)cc1C#N. The molecule has 1 aromatic rings. The standard InChI is InChI=1S/C10H9ClN2O2/c1-2-15-10(14)13-9-4-3-8(11)5-7(9)6-12/h3-5H,2H2,1H3,(H,13,14). The molecule has 0 aliphatic rings. The molecule has 0 saturated heterocycles. The molecule has 0 aromatic heterocycles. The van der Waals surface area contributed by atoms with Crippen LogP contribution >= 0.6 is 11.6 Å². The van der Waals surface area contributed by atoms with E-state index in [-0.39, 0.29) is 6.61 Å². The Morgan fingerprint density at radius 1 is 1.67 bits per heavy atom. The summed E-state index contributed by atoms with van der Waals surface area (Å²) in [6, 6.07) is 6.55. The average Bonchev–Trinajstić information content (AvgIpc) is 2.21. The van der Waals surface area contributed by atoms with Crippen LogP contribution in [-0.4, -0.2) is 12.7 Å². The van der Waals surface area contributed by atoms with Crippen molar-refractivity contribution in [2.24, 2.45) is 0 Å². The van der Waals surface area contributed by atoms with Crippen LogP contribution in [0.15, 0.2) is 18.2 Å². The fourth-order valence-corrected chi connectivity index (χ4v) is 1.17. The molecular weight excluding hydrogens is 216 g/mol. The first-order valence-corrected chi connectivity index (χ1v) is 4.68. The molecule has 0 bridgehead atoms. The highest BCUT2D eigenvalue weighted by molar-refractivity contribution is 6.30. The normalized spacial score (nSPS) is 9.13. The second-order valence-electron chi connectivity index (χ2n) is 2.65. The van der Waals surface area contributed by atoms with Gasteiger partial charge in [0.2, 0.25) is 0 Å². The van der Waals surface area contributed by atoms with Crippen molar-refractivity contribution in [3.8, 4) is 6.07 Å². The van der Waals surface area contributed by atoms with Crippen LogP contribution in [0.25, 0.3) is 0 Å². The van der Waals surface area contributed by atoms with Gasteiger partial charge in [0, 0.05) is 5.02 Å². The van der Waals surface area contributed by atoms with Gasteiger partial charge in [-0.15, -0.1) is 0 Å². The van der Waals surface area contributed by atoms with E-state index in [1.807, 2.05) is 6.07 Å². The Balaban J connectivity index is 2.86. The van der Waals surface area contributed by atoms with Crippen LogP contribution in [0.5, 0.6) is 0 Å². The zero-order valence-corrected chi connectivity index (χ0v) is 8.84. The Kier molecular flexibility index (Phi) is 3.95. The molecule has 4 nitrogen and oxygen atoms in total. The molecule has 15 heavy (non-hydrogen) atoms. The predicted molar refractivity (Wildman–Crippen MR) is 56.8 cm³/mol. The second kappa shape index (κ2) is 5.23. The van der Waals surface area contributed by atoms with Gasteiger partial charge in [-0.3, -0.25) is 5.32 Å². The van der Waals surface area contributed by atoms with Crippen LogP contribution in [0, 0.1) is 11.3 Å². The summed E-state index contributed by atoms with van der Waals surface area (Å²) in [5.74, 6) is 0. The second-order valence-corrected chi connectivity index (χ2v) is 3.08. The van der Waals surface area contributed by atoms with Crippen molar-refractivity contribution < 1.29 is 9.53 Å². The van der Waals surface area contributed by atoms with Gasteiger partial charge in [0.05, 0.1) is 17.9 Å². The van der Waals surface area contributed by atoms with E-state index in [4.69, 9.17) is 16.9 Å². The lowest BCUT2D eigenvalue weighted by molar-refractivity contribution is 0.168. The molecular formula is C10H9ClN2O2. The zero-order chi connectivity index (χ0) is 11.3. The number of rotatable bonds is 2. The summed E-state index contributed by atoms with van der Waals surface area (Å²) in [7, 11) is 0. The number of hydrogen-bond donors (Lipinski definition) is 1. The Hall–Kier alpha value is -1.73. The van der Waals surface area contributed by atoms with Gasteiger partial charge in [0.1, 0.15) is 6.07 Å². The van der Waals surface area contributed by atoms with Crippen LogP contribution in [0.2, 0.25) is 5.02 Å². The Morgan fingerprint density at radius 3 is 3.00 bits per heavy atom. The number of carbonyl (C=O) groups excluding carboxylic acids is 1. The number of hydrogen-bond acceptors (Lipinski definition) is 3. The third kappa shape index (κ3) is 3.15. The number of nitrogens with one attached hydrogen (secondary N) is 1. The zero-order valence-electron chi connectivity index (χ0n) is 8.08. The summed E-state index contributed by atoms with van der Waals surface area (Å²) >= 11 is 5.70. The number of ether oxygens (including phenoxy) is 1. The van der Waals surface area contributed by atoms with Gasteiger partial charge in [0.15, 0.2) is 0 Å². The summed E-state index contributed by atoms with van der Waals surface area (Å²) in [5.41, 5.74) is 0.691. The monoisotopic (exact) mass is 224 g/mol. The fourth-order valence-electron chi connectivity index (χ4n) is 0.995. The molecule has 1 rings (SSSR count). The van der Waals surface area contributed by atoms with Gasteiger partial charge < -0.3 is 4.74 Å². The summed E-state index contributed by atoms with van der Waals surface area (Å²) < 4.78 is 4.68. The lowest BCUT2D eigenvalue weighted by Gasteiger charge is -2.06. The molecule has 0 spiro atoms. The summed E-state index contributed by atoms with van der Waals surface area (Å²) in [5, 5.41) is 11.7. The molecule has 5 heteroatoms. The van der Waals surface area contributed by atoms with Crippen LogP contribution in [0.1, 0.15) is 12.5 Å². The Bertz CT molecular complexity index is 412. The number of amides is 1. The highest BCUT2D eigenvalue weighted by atomic mass is 35.5. The van der Waals surface area contributed by atoms with E-state index >= 15 is 0 Å². The highest BCUT2D eigenvalue weighted by Crippen LogP contribution is 2.19. The number of anilines is 1. The van der Waals surface area contributed by atoms with Crippen molar-refractivity contribution in [2.75, 3.05) is 11.9 Å². The first-order chi connectivity index (χ1) is 7.17. The van der Waals surface area contributed by atoms with Crippen molar-refractivity contribution in [2.45, 2.75) is 6.92 Å². The molecule has 1 N–H and O–H groups in total. The molecule has 0 aliphatic carbocycles. The van der Waals surface area contributed by atoms with Gasteiger partial charge >= 0.3 is 6.09 Å². The first kappa shape index (κ1) is 11.3. The predicted octanol–water partition coefficient (Wildman–Crippen LogP) is 2.78. The largest absolute Gasteiger partial charge is 0.450 e. The number of halogens is 1. The third-order valence-corrected chi connectivity index (χ3v) is 1.85. The lowest BCUT2D eigenvalue weighted by atomic mass is 10.2. The van der Waals surface area contributed by atoms with Crippen molar-refractivity contribution in [1.29, 1.82) is 5.26 Å². The summed E-state index contributed by atoms with van der Waals surface area (Å²) in [4.78, 5) is 11.1. The lowest BCUT2D eigenvalue weighted by Crippen LogP contribution is -2.14. The highest BCUT2D eigenvalue weighted by Gasteiger charge is 2.07. The van der Waals surface area contributed by atoms with Gasteiger partial charge in [-0.1, -0.05) is 11.6 Å². The maximum atomic E-state index is 11.1. The van der Waals surface area contributed by atoms with E-state index < -0.39 is 6.09 Å². The van der Waals surface area contributed by atoms with Gasteiger partial charge in [-0.25, -0.2) is 4.79 Å².